The van der Waals surface area contributed by atoms with Gasteiger partial charge in [-0.3, -0.25) is 4.79 Å². The van der Waals surface area contributed by atoms with Crippen molar-refractivity contribution >= 4 is 13.1 Å². The van der Waals surface area contributed by atoms with Crippen LogP contribution in [-0.2, 0) is 18.8 Å². The van der Waals surface area contributed by atoms with Gasteiger partial charge in [0.2, 0.25) is 0 Å². The topological polar surface area (TPSA) is 68.6 Å². The van der Waals surface area contributed by atoms with E-state index in [9.17, 15) is 9.18 Å². The Labute approximate surface area is 148 Å². The van der Waals surface area contributed by atoms with E-state index in [0.29, 0.717) is 5.56 Å². The molecule has 0 aliphatic carbocycles. The normalized spacial score (nSPS) is 19.3. The first kappa shape index (κ1) is 19.4. The summed E-state index contributed by atoms with van der Waals surface area (Å²) in [6.45, 7) is 9.66. The van der Waals surface area contributed by atoms with Crippen molar-refractivity contribution in [1.29, 1.82) is 5.26 Å². The Balaban J connectivity index is 2.38. The Morgan fingerprint density at radius 1 is 1.32 bits per heavy atom. The number of nitriles is 1. The van der Waals surface area contributed by atoms with Gasteiger partial charge in [-0.2, -0.15) is 5.26 Å². The fourth-order valence-electron chi connectivity index (χ4n) is 2.68. The minimum Gasteiger partial charge on any atom is -0.466 e. The average molecular weight is 347 g/mol. The van der Waals surface area contributed by atoms with Gasteiger partial charge in [0.05, 0.1) is 29.8 Å². The van der Waals surface area contributed by atoms with E-state index in [1.165, 1.54) is 12.1 Å². The maximum Gasteiger partial charge on any atom is 0.466 e. The van der Waals surface area contributed by atoms with Gasteiger partial charge in [0.15, 0.2) is 0 Å². The van der Waals surface area contributed by atoms with Crippen LogP contribution in [0.25, 0.3) is 0 Å². The Bertz CT molecular complexity index is 683. The van der Waals surface area contributed by atoms with Gasteiger partial charge in [0.25, 0.3) is 0 Å². The largest absolute Gasteiger partial charge is 0.466 e. The monoisotopic (exact) mass is 347 g/mol. The van der Waals surface area contributed by atoms with Crippen molar-refractivity contribution in [2.75, 3.05) is 6.61 Å². The molecule has 1 aliphatic heterocycles. The third-order valence-corrected chi connectivity index (χ3v) is 4.83. The van der Waals surface area contributed by atoms with Crippen molar-refractivity contribution in [2.45, 2.75) is 58.1 Å². The summed E-state index contributed by atoms with van der Waals surface area (Å²) in [4.78, 5) is 12.1. The number of rotatable bonds is 5. The molecule has 1 saturated heterocycles. The molecule has 1 aromatic rings. The van der Waals surface area contributed by atoms with Gasteiger partial charge < -0.3 is 14.0 Å². The molecule has 0 N–H and O–H groups in total. The van der Waals surface area contributed by atoms with Gasteiger partial charge in [-0.15, -0.1) is 0 Å². The molecule has 1 aliphatic rings. The molecule has 7 heteroatoms. The summed E-state index contributed by atoms with van der Waals surface area (Å²) >= 11 is 0. The molecule has 25 heavy (non-hydrogen) atoms. The minimum atomic E-state index is -0.702. The van der Waals surface area contributed by atoms with Crippen molar-refractivity contribution in [2.24, 2.45) is 0 Å². The number of esters is 1. The lowest BCUT2D eigenvalue weighted by Crippen LogP contribution is -2.41. The van der Waals surface area contributed by atoms with Crippen molar-refractivity contribution in [1.82, 2.24) is 0 Å². The lowest BCUT2D eigenvalue weighted by molar-refractivity contribution is -0.143. The quantitative estimate of drug-likeness (QED) is 0.603. The molecule has 0 radical (unpaired) electrons. The van der Waals surface area contributed by atoms with Crippen LogP contribution in [0.5, 0.6) is 0 Å². The van der Waals surface area contributed by atoms with E-state index >= 15 is 0 Å². The highest BCUT2D eigenvalue weighted by molar-refractivity contribution is 6.48. The van der Waals surface area contributed by atoms with Crippen LogP contribution >= 0.6 is 0 Å². The van der Waals surface area contributed by atoms with Gasteiger partial charge in [0, 0.05) is 5.82 Å². The number of ether oxygens (including phenoxy) is 1. The molecule has 0 amide bonds. The van der Waals surface area contributed by atoms with Crippen molar-refractivity contribution < 1.29 is 23.2 Å². The van der Waals surface area contributed by atoms with E-state index < -0.39 is 35.9 Å². The Kier molecular flexibility index (Phi) is 5.55. The second-order valence-electron chi connectivity index (χ2n) is 7.09. The predicted octanol–water partition coefficient (Wildman–Crippen LogP) is 3.37. The van der Waals surface area contributed by atoms with Crippen LogP contribution in [0, 0.1) is 17.1 Å². The second-order valence-corrected chi connectivity index (χ2v) is 7.09. The molecular weight excluding hydrogens is 324 g/mol. The molecule has 1 fully saturated rings. The fraction of sp³-hybridized carbons (Fsp3) is 0.556. The summed E-state index contributed by atoms with van der Waals surface area (Å²) in [5, 5.41) is 9.08. The molecule has 134 valence electrons. The highest BCUT2D eigenvalue weighted by atomic mass is 19.1. The van der Waals surface area contributed by atoms with Gasteiger partial charge in [-0.25, -0.2) is 4.39 Å². The molecular formula is C18H23BFNO4. The van der Waals surface area contributed by atoms with E-state index in [4.69, 9.17) is 19.3 Å². The van der Waals surface area contributed by atoms with Crippen LogP contribution in [0.1, 0.15) is 58.0 Å². The SMILES string of the molecule is CCOC(=O)CC(B1OC(C)(C)C(C)(C)O1)c1ccc(F)c(C#N)c1. The number of carbonyl (C=O) groups excluding carboxylic acids is 1. The highest BCUT2D eigenvalue weighted by Crippen LogP contribution is 2.42. The zero-order chi connectivity index (χ0) is 18.8. The molecule has 5 nitrogen and oxygen atoms in total. The summed E-state index contributed by atoms with van der Waals surface area (Å²) in [6.07, 6.45) is 0.0150. The highest BCUT2D eigenvalue weighted by Gasteiger charge is 2.54. The molecule has 0 bridgehead atoms. The summed E-state index contributed by atoms with van der Waals surface area (Å²) < 4.78 is 30.8. The molecule has 0 spiro atoms. The van der Waals surface area contributed by atoms with Crippen molar-refractivity contribution in [3.8, 4) is 6.07 Å². The second kappa shape index (κ2) is 7.15. The number of hydrogen-bond acceptors (Lipinski definition) is 5. The predicted molar refractivity (Wildman–Crippen MR) is 91.2 cm³/mol. The fourth-order valence-corrected chi connectivity index (χ4v) is 2.68. The van der Waals surface area contributed by atoms with Crippen LogP contribution in [0.3, 0.4) is 0 Å². The zero-order valence-corrected chi connectivity index (χ0v) is 15.3. The van der Waals surface area contributed by atoms with Crippen molar-refractivity contribution in [3.05, 3.63) is 35.1 Å². The van der Waals surface area contributed by atoms with E-state index in [1.807, 2.05) is 33.8 Å². The van der Waals surface area contributed by atoms with Crippen LogP contribution in [0.4, 0.5) is 4.39 Å². The molecule has 1 heterocycles. The van der Waals surface area contributed by atoms with E-state index in [0.717, 1.165) is 0 Å². The number of carbonyl (C=O) groups is 1. The van der Waals surface area contributed by atoms with Crippen LogP contribution in [-0.4, -0.2) is 30.9 Å². The van der Waals surface area contributed by atoms with Crippen LogP contribution in [0.15, 0.2) is 18.2 Å². The smallest absolute Gasteiger partial charge is 0.466 e. The van der Waals surface area contributed by atoms with Gasteiger partial charge >= 0.3 is 13.1 Å². The summed E-state index contributed by atoms with van der Waals surface area (Å²) in [6, 6.07) is 6.02. The maximum absolute atomic E-state index is 13.7. The standard InChI is InChI=1S/C18H23BFNO4/c1-6-23-16(22)10-14(12-7-8-15(20)13(9-12)11-21)19-24-17(2,3)18(4,5)25-19/h7-9,14H,6,10H2,1-5H3. The first-order valence-corrected chi connectivity index (χ1v) is 8.32. The van der Waals surface area contributed by atoms with E-state index in [1.54, 1.807) is 13.0 Å². The lowest BCUT2D eigenvalue weighted by Gasteiger charge is -2.32. The zero-order valence-electron chi connectivity index (χ0n) is 15.3. The summed E-state index contributed by atoms with van der Waals surface area (Å²) in [5.41, 5.74) is -0.613. The lowest BCUT2D eigenvalue weighted by atomic mass is 9.66. The third kappa shape index (κ3) is 4.02. The Hall–Kier alpha value is -1.91. The average Bonchev–Trinajstić information content (AvgIpc) is 2.74. The molecule has 1 unspecified atom stereocenters. The third-order valence-electron chi connectivity index (χ3n) is 4.83. The summed E-state index contributed by atoms with van der Waals surface area (Å²) in [5.74, 6) is -1.51. The van der Waals surface area contributed by atoms with Crippen LogP contribution < -0.4 is 0 Å². The number of hydrogen-bond donors (Lipinski definition) is 0. The Morgan fingerprint density at radius 3 is 2.44 bits per heavy atom. The molecule has 1 aromatic carbocycles. The number of halogens is 1. The summed E-state index contributed by atoms with van der Waals surface area (Å²) in [7, 11) is -0.702. The van der Waals surface area contributed by atoms with Gasteiger partial charge in [0.1, 0.15) is 11.9 Å². The van der Waals surface area contributed by atoms with Gasteiger partial charge in [-0.1, -0.05) is 6.07 Å². The van der Waals surface area contributed by atoms with E-state index in [-0.39, 0.29) is 18.6 Å². The molecule has 0 aromatic heterocycles. The van der Waals surface area contributed by atoms with Gasteiger partial charge in [-0.05, 0) is 52.3 Å². The van der Waals surface area contributed by atoms with Crippen molar-refractivity contribution in [3.63, 3.8) is 0 Å². The molecule has 1 atom stereocenters. The first-order chi connectivity index (χ1) is 11.6. The van der Waals surface area contributed by atoms with Crippen LogP contribution in [0.2, 0.25) is 0 Å². The molecule has 2 rings (SSSR count). The maximum atomic E-state index is 13.7. The minimum absolute atomic E-state index is 0.0150. The first-order valence-electron chi connectivity index (χ1n) is 8.32. The number of benzene rings is 1. The number of nitrogens with zero attached hydrogens (tertiary/aromatic N) is 1. The Morgan fingerprint density at radius 2 is 1.92 bits per heavy atom. The van der Waals surface area contributed by atoms with E-state index in [2.05, 4.69) is 0 Å². The molecule has 0 saturated carbocycles.